The zero-order valence-corrected chi connectivity index (χ0v) is 6.72. The third kappa shape index (κ3) is 1.55. The van der Waals surface area contributed by atoms with Crippen LogP contribution < -0.4 is 5.73 Å². The molecule has 1 aromatic rings. The Kier molecular flexibility index (Phi) is 2.29. The molecule has 9 heavy (non-hydrogen) atoms. The van der Waals surface area contributed by atoms with E-state index in [9.17, 15) is 0 Å². The number of rotatable bonds is 1. The van der Waals surface area contributed by atoms with Gasteiger partial charge in [-0.1, -0.05) is 23.2 Å². The van der Waals surface area contributed by atoms with Gasteiger partial charge in [-0.3, -0.25) is 0 Å². The second-order valence-electron chi connectivity index (χ2n) is 1.38. The summed E-state index contributed by atoms with van der Waals surface area (Å²) in [5.74, 6) is 0. The van der Waals surface area contributed by atoms with Crippen LogP contribution >= 0.6 is 34.5 Å². The Morgan fingerprint density at radius 3 is 2.44 bits per heavy atom. The number of nitrogens with two attached hydrogens (primary N) is 1. The Morgan fingerprint density at radius 2 is 2.22 bits per heavy atom. The van der Waals surface area contributed by atoms with Crippen molar-refractivity contribution < 1.29 is 0 Å². The lowest BCUT2D eigenvalue weighted by Crippen LogP contribution is -1.93. The summed E-state index contributed by atoms with van der Waals surface area (Å²) in [6.07, 6.45) is 0. The van der Waals surface area contributed by atoms with Crippen molar-refractivity contribution in [1.82, 2.24) is 4.98 Å². The van der Waals surface area contributed by atoms with E-state index in [1.807, 2.05) is 0 Å². The Hall–Kier alpha value is 0.170. The molecule has 1 rings (SSSR count). The second kappa shape index (κ2) is 2.84. The van der Waals surface area contributed by atoms with Crippen LogP contribution in [0.1, 0.15) is 5.01 Å². The first-order chi connectivity index (χ1) is 4.24. The van der Waals surface area contributed by atoms with Crippen LogP contribution in [0, 0.1) is 0 Å². The summed E-state index contributed by atoms with van der Waals surface area (Å²) in [5, 5.41) is 1.12. The average molecular weight is 183 g/mol. The van der Waals surface area contributed by atoms with Crippen molar-refractivity contribution in [1.29, 1.82) is 0 Å². The van der Waals surface area contributed by atoms with E-state index >= 15 is 0 Å². The van der Waals surface area contributed by atoms with Gasteiger partial charge in [-0.2, -0.15) is 0 Å². The number of hydrogen-bond donors (Lipinski definition) is 1. The first-order valence-corrected chi connectivity index (χ1v) is 3.82. The van der Waals surface area contributed by atoms with Gasteiger partial charge in [-0.15, -0.1) is 11.3 Å². The van der Waals surface area contributed by atoms with Crippen LogP contribution in [0.15, 0.2) is 0 Å². The van der Waals surface area contributed by atoms with E-state index in [-0.39, 0.29) is 0 Å². The Labute approximate surface area is 66.6 Å². The molecule has 0 bridgehead atoms. The molecule has 0 aliphatic heterocycles. The third-order valence-electron chi connectivity index (χ3n) is 0.767. The monoisotopic (exact) mass is 182 g/mol. The molecule has 0 aromatic carbocycles. The molecule has 0 amide bonds. The molecule has 50 valence electrons. The zero-order valence-electron chi connectivity index (χ0n) is 4.40. The molecule has 1 aromatic heterocycles. The van der Waals surface area contributed by atoms with Crippen LogP contribution in [-0.2, 0) is 6.54 Å². The molecule has 0 atom stereocenters. The van der Waals surface area contributed by atoms with Gasteiger partial charge in [-0.05, 0) is 0 Å². The molecule has 0 radical (unpaired) electrons. The fourth-order valence-corrected chi connectivity index (χ4v) is 1.54. The summed E-state index contributed by atoms with van der Waals surface area (Å²) >= 11 is 12.4. The topological polar surface area (TPSA) is 38.9 Å². The molecule has 0 saturated heterocycles. The van der Waals surface area contributed by atoms with Gasteiger partial charge >= 0.3 is 0 Å². The Balaban J connectivity index is 2.98. The summed E-state index contributed by atoms with van der Waals surface area (Å²) in [7, 11) is 0. The first kappa shape index (κ1) is 7.28. The number of nitrogens with zero attached hydrogens (tertiary/aromatic N) is 1. The molecule has 0 spiro atoms. The quantitative estimate of drug-likeness (QED) is 0.722. The van der Waals surface area contributed by atoms with Gasteiger partial charge in [0.15, 0.2) is 5.15 Å². The SMILES string of the molecule is NCc1nc(Cl)c(Cl)s1. The minimum absolute atomic E-state index is 0.349. The summed E-state index contributed by atoms with van der Waals surface area (Å²) < 4.78 is 0.511. The van der Waals surface area contributed by atoms with Gasteiger partial charge in [0.1, 0.15) is 9.34 Å². The van der Waals surface area contributed by atoms with Crippen LogP contribution in [-0.4, -0.2) is 4.98 Å². The second-order valence-corrected chi connectivity index (χ2v) is 3.42. The van der Waals surface area contributed by atoms with Crippen molar-refractivity contribution in [2.45, 2.75) is 6.54 Å². The fraction of sp³-hybridized carbons (Fsp3) is 0.250. The van der Waals surface area contributed by atoms with Gasteiger partial charge in [0.05, 0.1) is 0 Å². The molecular weight excluding hydrogens is 179 g/mol. The van der Waals surface area contributed by atoms with E-state index < -0.39 is 0 Å². The van der Waals surface area contributed by atoms with Gasteiger partial charge in [0.25, 0.3) is 0 Å². The lowest BCUT2D eigenvalue weighted by molar-refractivity contribution is 1.04. The summed E-state index contributed by atoms with van der Waals surface area (Å²) in [6.45, 7) is 0.400. The predicted octanol–water partition coefficient (Wildman–Crippen LogP) is 1.91. The molecule has 2 N–H and O–H groups in total. The van der Waals surface area contributed by atoms with Crippen molar-refractivity contribution in [2.75, 3.05) is 0 Å². The summed E-state index contributed by atoms with van der Waals surface area (Å²) in [5.41, 5.74) is 5.26. The van der Waals surface area contributed by atoms with Gasteiger partial charge in [0, 0.05) is 6.54 Å². The minimum Gasteiger partial charge on any atom is -0.325 e. The highest BCUT2D eigenvalue weighted by atomic mass is 35.5. The highest BCUT2D eigenvalue weighted by Crippen LogP contribution is 2.27. The van der Waals surface area contributed by atoms with Gasteiger partial charge in [-0.25, -0.2) is 4.98 Å². The van der Waals surface area contributed by atoms with E-state index in [1.165, 1.54) is 11.3 Å². The van der Waals surface area contributed by atoms with Crippen molar-refractivity contribution in [3.63, 3.8) is 0 Å². The molecule has 0 unspecified atom stereocenters. The highest BCUT2D eigenvalue weighted by Gasteiger charge is 2.03. The van der Waals surface area contributed by atoms with Crippen LogP contribution in [0.2, 0.25) is 9.49 Å². The molecule has 5 heteroatoms. The maximum atomic E-state index is 5.58. The van der Waals surface area contributed by atoms with E-state index in [0.717, 1.165) is 5.01 Å². The van der Waals surface area contributed by atoms with Crippen molar-refractivity contribution in [3.05, 3.63) is 14.5 Å². The maximum absolute atomic E-state index is 5.58. The van der Waals surface area contributed by atoms with Crippen LogP contribution in [0.25, 0.3) is 0 Å². The Morgan fingerprint density at radius 1 is 1.56 bits per heavy atom. The number of thiazole rings is 1. The van der Waals surface area contributed by atoms with E-state index in [4.69, 9.17) is 28.9 Å². The smallest absolute Gasteiger partial charge is 0.159 e. The number of halogens is 2. The standard InChI is InChI=1S/C4H4Cl2N2S/c5-3-4(6)9-2(1-7)8-3/h1,7H2. The maximum Gasteiger partial charge on any atom is 0.159 e. The molecule has 0 saturated carbocycles. The van der Waals surface area contributed by atoms with Gasteiger partial charge < -0.3 is 5.73 Å². The lowest BCUT2D eigenvalue weighted by atomic mass is 10.7. The molecule has 2 nitrogen and oxygen atoms in total. The summed E-state index contributed by atoms with van der Waals surface area (Å²) in [6, 6.07) is 0. The number of aromatic nitrogens is 1. The number of hydrogen-bond acceptors (Lipinski definition) is 3. The highest BCUT2D eigenvalue weighted by molar-refractivity contribution is 7.16. The molecular formula is C4H4Cl2N2S. The molecule has 1 heterocycles. The van der Waals surface area contributed by atoms with Gasteiger partial charge in [0.2, 0.25) is 0 Å². The van der Waals surface area contributed by atoms with Crippen molar-refractivity contribution >= 4 is 34.5 Å². The van der Waals surface area contributed by atoms with Crippen LogP contribution in [0.3, 0.4) is 0 Å². The lowest BCUT2D eigenvalue weighted by Gasteiger charge is -1.78. The zero-order chi connectivity index (χ0) is 6.85. The fourth-order valence-electron chi connectivity index (χ4n) is 0.409. The average Bonchev–Trinajstić information content (AvgIpc) is 2.13. The molecule has 0 fully saturated rings. The van der Waals surface area contributed by atoms with E-state index in [0.29, 0.717) is 16.0 Å². The van der Waals surface area contributed by atoms with Crippen molar-refractivity contribution in [2.24, 2.45) is 5.73 Å². The molecule has 0 aliphatic rings. The third-order valence-corrected chi connectivity index (χ3v) is 2.53. The summed E-state index contributed by atoms with van der Waals surface area (Å²) in [4.78, 5) is 3.86. The first-order valence-electron chi connectivity index (χ1n) is 2.25. The Bertz CT molecular complexity index is 191. The van der Waals surface area contributed by atoms with Crippen LogP contribution in [0.5, 0.6) is 0 Å². The predicted molar refractivity (Wildman–Crippen MR) is 40.0 cm³/mol. The van der Waals surface area contributed by atoms with E-state index in [1.54, 1.807) is 0 Å². The normalized spacial score (nSPS) is 10.1. The minimum atomic E-state index is 0.349. The van der Waals surface area contributed by atoms with Crippen LogP contribution in [0.4, 0.5) is 0 Å². The van der Waals surface area contributed by atoms with Crippen molar-refractivity contribution in [3.8, 4) is 0 Å². The molecule has 0 aliphatic carbocycles. The largest absolute Gasteiger partial charge is 0.325 e. The van der Waals surface area contributed by atoms with E-state index in [2.05, 4.69) is 4.98 Å².